The smallest absolute Gasteiger partial charge is 0.215 e. The molecule has 1 rings (SSSR count). The first-order chi connectivity index (χ1) is 17.9. The first kappa shape index (κ1) is 37.3. The van der Waals surface area contributed by atoms with Crippen molar-refractivity contribution in [1.82, 2.24) is 0 Å². The fourth-order valence-electron chi connectivity index (χ4n) is 2.95. The van der Waals surface area contributed by atoms with Crippen molar-refractivity contribution in [3.8, 4) is 0 Å². The van der Waals surface area contributed by atoms with Gasteiger partial charge in [-0.2, -0.15) is 83.1 Å². The molecule has 0 amide bonds. The lowest BCUT2D eigenvalue weighted by atomic mass is 9.91. The number of hydrogen-bond donors (Lipinski definition) is 0. The van der Waals surface area contributed by atoms with E-state index in [9.17, 15) is 83.1 Å². The molecule has 0 saturated carbocycles. The largest absolute Gasteiger partial charge is 0.460 e. The second-order valence-electron chi connectivity index (χ2n) is 8.16. The van der Waals surface area contributed by atoms with Gasteiger partial charge in [0, 0.05) is 5.75 Å². The molecule has 1 aromatic rings. The Morgan fingerprint density at radius 2 is 0.902 bits per heavy atom. The van der Waals surface area contributed by atoms with Gasteiger partial charge in [0.05, 0.1) is 0 Å². The van der Waals surface area contributed by atoms with Crippen LogP contribution in [0.5, 0.6) is 0 Å². The normalized spacial score (nSPS) is 16.2. The van der Waals surface area contributed by atoms with Gasteiger partial charge in [-0.05, 0) is 17.1 Å². The molecule has 242 valence electrons. The molecule has 0 saturated heterocycles. The van der Waals surface area contributed by atoms with E-state index >= 15 is 0 Å². The van der Waals surface area contributed by atoms with Crippen LogP contribution in [-0.4, -0.2) is 66.9 Å². The maximum atomic E-state index is 14.4. The van der Waals surface area contributed by atoms with E-state index < -0.39 is 84.7 Å². The van der Waals surface area contributed by atoms with Crippen molar-refractivity contribution in [2.45, 2.75) is 66.6 Å². The fraction of sp³-hybridized carbons (Fsp3) is 0.684. The van der Waals surface area contributed by atoms with Crippen LogP contribution in [0.25, 0.3) is 0 Å². The molecule has 0 N–H and O–H groups in total. The van der Waals surface area contributed by atoms with Gasteiger partial charge in [0.1, 0.15) is 0 Å². The highest BCUT2D eigenvalue weighted by Crippen LogP contribution is 2.65. The average Bonchev–Trinajstić information content (AvgIpc) is 2.82. The summed E-state index contributed by atoms with van der Waals surface area (Å²) in [6.45, 7) is 2.06. The molecule has 0 heterocycles. The average molecular weight is 680 g/mol. The Bertz CT molecular complexity index is 1160. The van der Waals surface area contributed by atoms with Crippen LogP contribution in [0.15, 0.2) is 30.3 Å². The summed E-state index contributed by atoms with van der Waals surface area (Å²) in [6.07, 6.45) is -7.89. The summed E-state index contributed by atoms with van der Waals surface area (Å²) in [5.74, 6) is -53.8. The summed E-state index contributed by atoms with van der Waals surface area (Å²) in [5, 5.41) is -7.69. The Kier molecular flexibility index (Phi) is 9.81. The lowest BCUT2D eigenvalue weighted by Crippen LogP contribution is -2.75. The van der Waals surface area contributed by atoms with Crippen molar-refractivity contribution < 1.29 is 86.7 Å². The molecule has 41 heavy (non-hydrogen) atoms. The Balaban J connectivity index is 3.71. The second-order valence-corrected chi connectivity index (χ2v) is 13.5. The molecular formula is C19H17F17O3S2. The SMILES string of the molecule is CCS(CC)(Cc1ccccc1)OS(=O)(=O)C(F)(F)C(F)(F)C(F)(F)C(F)(F)C(F)(F)C(F)(F)C(F)(F)C(F)(F)F. The minimum absolute atomic E-state index is 0.0841. The number of alkyl halides is 17. The van der Waals surface area contributed by atoms with E-state index in [0.29, 0.717) is 0 Å². The van der Waals surface area contributed by atoms with Gasteiger partial charge in [-0.15, -0.1) is 10.3 Å². The number of hydrogen-bond acceptors (Lipinski definition) is 3. The number of benzene rings is 1. The van der Waals surface area contributed by atoms with Gasteiger partial charge in [0.15, 0.2) is 0 Å². The molecule has 0 atom stereocenters. The molecule has 0 aliphatic carbocycles. The van der Waals surface area contributed by atoms with Gasteiger partial charge in [-0.3, -0.25) is 0 Å². The Labute approximate surface area is 221 Å². The van der Waals surface area contributed by atoms with E-state index in [4.69, 9.17) is 0 Å². The zero-order chi connectivity index (χ0) is 32.9. The molecule has 0 bridgehead atoms. The van der Waals surface area contributed by atoms with Crippen LogP contribution in [-0.2, 0) is 19.5 Å². The molecular weight excluding hydrogens is 663 g/mol. The first-order valence-electron chi connectivity index (χ1n) is 10.4. The third-order valence-corrected chi connectivity index (χ3v) is 11.3. The van der Waals surface area contributed by atoms with Crippen molar-refractivity contribution in [2.24, 2.45) is 0 Å². The fourth-order valence-corrected chi connectivity index (χ4v) is 7.83. The number of rotatable bonds is 13. The summed E-state index contributed by atoms with van der Waals surface area (Å²) in [6, 6.07) is 6.47. The van der Waals surface area contributed by atoms with E-state index in [1.807, 2.05) is 0 Å². The predicted octanol–water partition coefficient (Wildman–Crippen LogP) is 8.26. The van der Waals surface area contributed by atoms with Crippen LogP contribution in [0.4, 0.5) is 74.6 Å². The number of halogens is 17. The van der Waals surface area contributed by atoms with Gasteiger partial charge in [0.25, 0.3) is 0 Å². The maximum absolute atomic E-state index is 14.4. The van der Waals surface area contributed by atoms with Gasteiger partial charge in [-0.1, -0.05) is 44.2 Å². The molecule has 1 aromatic carbocycles. The van der Waals surface area contributed by atoms with Crippen molar-refractivity contribution in [1.29, 1.82) is 0 Å². The zero-order valence-electron chi connectivity index (χ0n) is 20.0. The zero-order valence-corrected chi connectivity index (χ0v) is 21.6. The van der Waals surface area contributed by atoms with Crippen LogP contribution >= 0.6 is 10.3 Å². The van der Waals surface area contributed by atoms with Gasteiger partial charge < -0.3 is 0 Å². The maximum Gasteiger partial charge on any atom is 0.460 e. The molecule has 0 fully saturated rings. The van der Waals surface area contributed by atoms with Crippen molar-refractivity contribution in [3.05, 3.63) is 35.9 Å². The Hall–Kier alpha value is -1.71. The molecule has 3 nitrogen and oxygen atoms in total. The minimum Gasteiger partial charge on any atom is -0.215 e. The van der Waals surface area contributed by atoms with Crippen molar-refractivity contribution in [2.75, 3.05) is 11.5 Å². The van der Waals surface area contributed by atoms with Crippen LogP contribution < -0.4 is 0 Å². The Morgan fingerprint density at radius 1 is 0.561 bits per heavy atom. The monoisotopic (exact) mass is 680 g/mol. The van der Waals surface area contributed by atoms with Gasteiger partial charge in [-0.25, -0.2) is 3.63 Å². The van der Waals surface area contributed by atoms with Crippen LogP contribution in [0, 0.1) is 0 Å². The van der Waals surface area contributed by atoms with Crippen LogP contribution in [0.2, 0.25) is 0 Å². The standard InChI is InChI=1S/C19H17F17O3S2/c1-3-40(4-2,10-11-8-6-5-7-9-11)39-41(37,38)19(35,36)17(30,31)15(26,27)13(22,23)12(20,21)14(24,25)16(28,29)18(32,33)34/h5-9H,3-4,10H2,1-2H3. The van der Waals surface area contributed by atoms with Crippen molar-refractivity contribution in [3.63, 3.8) is 0 Å². The summed E-state index contributed by atoms with van der Waals surface area (Å²) in [7, 11) is -11.2. The van der Waals surface area contributed by atoms with Crippen LogP contribution in [0.3, 0.4) is 0 Å². The Morgan fingerprint density at radius 3 is 1.24 bits per heavy atom. The van der Waals surface area contributed by atoms with E-state index in [-0.39, 0.29) is 5.56 Å². The van der Waals surface area contributed by atoms with E-state index in [0.717, 1.165) is 13.8 Å². The highest BCUT2D eigenvalue weighted by molar-refractivity contribution is 8.32. The summed E-state index contributed by atoms with van der Waals surface area (Å²) in [4.78, 5) is 0. The van der Waals surface area contributed by atoms with Gasteiger partial charge >= 0.3 is 57.1 Å². The molecule has 0 unspecified atom stereocenters. The summed E-state index contributed by atoms with van der Waals surface area (Å²) >= 11 is 0. The lowest BCUT2D eigenvalue weighted by molar-refractivity contribution is -0.458. The highest BCUT2D eigenvalue weighted by atomic mass is 32.3. The van der Waals surface area contributed by atoms with Crippen molar-refractivity contribution >= 4 is 20.4 Å². The van der Waals surface area contributed by atoms with E-state index in [1.54, 1.807) is 0 Å². The topological polar surface area (TPSA) is 43.4 Å². The second kappa shape index (κ2) is 10.8. The van der Waals surface area contributed by atoms with E-state index in [2.05, 4.69) is 3.63 Å². The summed E-state index contributed by atoms with van der Waals surface area (Å²) in [5.41, 5.74) is 0.0841. The quantitative estimate of drug-likeness (QED) is 0.197. The summed E-state index contributed by atoms with van der Waals surface area (Å²) < 4.78 is 258. The molecule has 22 heteroatoms. The lowest BCUT2D eigenvalue weighted by Gasteiger charge is -2.43. The molecule has 0 aliphatic rings. The third-order valence-electron chi connectivity index (χ3n) is 5.57. The third kappa shape index (κ3) is 5.55. The first-order valence-corrected chi connectivity index (χ1v) is 13.9. The molecule has 0 spiro atoms. The van der Waals surface area contributed by atoms with Gasteiger partial charge in [0.2, 0.25) is 0 Å². The molecule has 0 aromatic heterocycles. The van der Waals surface area contributed by atoms with Crippen LogP contribution in [0.1, 0.15) is 19.4 Å². The predicted molar refractivity (Wildman–Crippen MR) is 110 cm³/mol. The van der Waals surface area contributed by atoms with E-state index in [1.165, 1.54) is 30.3 Å². The molecule has 0 radical (unpaired) electrons. The minimum atomic E-state index is -8.88. The highest BCUT2D eigenvalue weighted by Gasteiger charge is 2.96. The molecule has 0 aliphatic heterocycles.